The molecule has 0 saturated heterocycles. The standard InChI is InChI=1S/C19H17ClN4O3/c1-11-8-9-13(20)10-16(11)24-12(2)17(22-23-24)18(25)21-15-7-5-4-6-14(15)19(26)27-3/h4-10H,1-3H3,(H,21,25). The second kappa shape index (κ2) is 7.59. The molecule has 1 N–H and O–H groups in total. The molecule has 0 saturated carbocycles. The topological polar surface area (TPSA) is 86.1 Å². The summed E-state index contributed by atoms with van der Waals surface area (Å²) < 4.78 is 6.30. The number of aromatic nitrogens is 3. The zero-order chi connectivity index (χ0) is 19.6. The maximum atomic E-state index is 12.7. The number of carbonyl (C=O) groups excluding carboxylic acids is 2. The lowest BCUT2D eigenvalue weighted by molar-refractivity contribution is 0.0602. The Morgan fingerprint density at radius 2 is 1.89 bits per heavy atom. The molecule has 27 heavy (non-hydrogen) atoms. The summed E-state index contributed by atoms with van der Waals surface area (Å²) >= 11 is 6.07. The van der Waals surface area contributed by atoms with E-state index in [2.05, 4.69) is 15.6 Å². The Morgan fingerprint density at radius 3 is 2.63 bits per heavy atom. The van der Waals surface area contributed by atoms with Crippen LogP contribution in [0.5, 0.6) is 0 Å². The summed E-state index contributed by atoms with van der Waals surface area (Å²) in [5, 5.41) is 11.3. The number of halogens is 1. The van der Waals surface area contributed by atoms with Gasteiger partial charge >= 0.3 is 5.97 Å². The minimum atomic E-state index is -0.541. The molecular weight excluding hydrogens is 368 g/mol. The van der Waals surface area contributed by atoms with Gasteiger partial charge in [0.15, 0.2) is 5.69 Å². The normalized spacial score (nSPS) is 10.5. The zero-order valence-electron chi connectivity index (χ0n) is 15.0. The van der Waals surface area contributed by atoms with E-state index < -0.39 is 11.9 Å². The fourth-order valence-electron chi connectivity index (χ4n) is 2.64. The van der Waals surface area contributed by atoms with E-state index >= 15 is 0 Å². The first-order chi connectivity index (χ1) is 12.9. The van der Waals surface area contributed by atoms with Gasteiger partial charge in [-0.2, -0.15) is 0 Å². The number of para-hydroxylation sites is 1. The molecule has 2 aromatic carbocycles. The van der Waals surface area contributed by atoms with E-state index in [1.807, 2.05) is 13.0 Å². The molecule has 0 atom stereocenters. The summed E-state index contributed by atoms with van der Waals surface area (Å²) in [6.07, 6.45) is 0. The third-order valence-electron chi connectivity index (χ3n) is 4.09. The Balaban J connectivity index is 1.93. The molecule has 0 aliphatic rings. The molecule has 7 nitrogen and oxygen atoms in total. The molecule has 0 unspecified atom stereocenters. The highest BCUT2D eigenvalue weighted by Gasteiger charge is 2.20. The predicted molar refractivity (Wildman–Crippen MR) is 102 cm³/mol. The molecule has 138 valence electrons. The molecular formula is C19H17ClN4O3. The molecule has 1 aromatic heterocycles. The number of benzene rings is 2. The molecule has 0 aliphatic carbocycles. The van der Waals surface area contributed by atoms with Gasteiger partial charge in [-0.3, -0.25) is 4.79 Å². The van der Waals surface area contributed by atoms with Crippen molar-refractivity contribution >= 4 is 29.2 Å². The summed E-state index contributed by atoms with van der Waals surface area (Å²) in [6, 6.07) is 12.0. The number of nitrogens with one attached hydrogen (secondary N) is 1. The van der Waals surface area contributed by atoms with E-state index in [-0.39, 0.29) is 11.3 Å². The van der Waals surface area contributed by atoms with Gasteiger partial charge in [-0.1, -0.05) is 35.0 Å². The number of rotatable bonds is 4. The highest BCUT2D eigenvalue weighted by molar-refractivity contribution is 6.30. The highest BCUT2D eigenvalue weighted by Crippen LogP contribution is 2.22. The van der Waals surface area contributed by atoms with Gasteiger partial charge in [0.1, 0.15) is 0 Å². The first kappa shape index (κ1) is 18.6. The second-order valence-electron chi connectivity index (χ2n) is 5.86. The summed E-state index contributed by atoms with van der Waals surface area (Å²) in [6.45, 7) is 3.65. The van der Waals surface area contributed by atoms with Gasteiger partial charge in [0.05, 0.1) is 29.7 Å². The van der Waals surface area contributed by atoms with E-state index in [0.717, 1.165) is 11.3 Å². The number of ether oxygens (including phenoxy) is 1. The molecule has 3 aromatic rings. The van der Waals surface area contributed by atoms with Gasteiger partial charge in [-0.05, 0) is 43.7 Å². The number of carbonyl (C=O) groups is 2. The first-order valence-corrected chi connectivity index (χ1v) is 8.47. The Kier molecular flexibility index (Phi) is 5.23. The Morgan fingerprint density at radius 1 is 1.15 bits per heavy atom. The van der Waals surface area contributed by atoms with Crippen LogP contribution in [0.4, 0.5) is 5.69 Å². The van der Waals surface area contributed by atoms with Gasteiger partial charge in [-0.15, -0.1) is 5.10 Å². The van der Waals surface area contributed by atoms with Crippen LogP contribution in [0.2, 0.25) is 5.02 Å². The van der Waals surface area contributed by atoms with E-state index in [4.69, 9.17) is 16.3 Å². The van der Waals surface area contributed by atoms with E-state index in [9.17, 15) is 9.59 Å². The van der Waals surface area contributed by atoms with Crippen LogP contribution in [-0.4, -0.2) is 34.0 Å². The van der Waals surface area contributed by atoms with Crippen LogP contribution in [0.3, 0.4) is 0 Å². The third-order valence-corrected chi connectivity index (χ3v) is 4.32. The van der Waals surface area contributed by atoms with Crippen LogP contribution >= 0.6 is 11.6 Å². The number of esters is 1. The van der Waals surface area contributed by atoms with Crippen LogP contribution in [0.1, 0.15) is 32.1 Å². The molecule has 8 heteroatoms. The SMILES string of the molecule is COC(=O)c1ccccc1NC(=O)c1nnn(-c2cc(Cl)ccc2C)c1C. The third kappa shape index (κ3) is 3.68. The van der Waals surface area contributed by atoms with Crippen LogP contribution < -0.4 is 5.32 Å². The Hall–Kier alpha value is -3.19. The molecule has 3 rings (SSSR count). The van der Waals surface area contributed by atoms with Crippen molar-refractivity contribution in [3.63, 3.8) is 0 Å². The van der Waals surface area contributed by atoms with Crippen molar-refractivity contribution in [3.05, 3.63) is 70.0 Å². The van der Waals surface area contributed by atoms with Gasteiger partial charge in [0, 0.05) is 5.02 Å². The highest BCUT2D eigenvalue weighted by atomic mass is 35.5. The predicted octanol–water partition coefficient (Wildman–Crippen LogP) is 3.58. The minimum Gasteiger partial charge on any atom is -0.465 e. The summed E-state index contributed by atoms with van der Waals surface area (Å²) in [5.74, 6) is -1.02. The van der Waals surface area contributed by atoms with E-state index in [1.54, 1.807) is 48.0 Å². The van der Waals surface area contributed by atoms with E-state index in [0.29, 0.717) is 16.4 Å². The molecule has 1 heterocycles. The maximum absolute atomic E-state index is 12.7. The lowest BCUT2D eigenvalue weighted by Gasteiger charge is -2.10. The van der Waals surface area contributed by atoms with Crippen molar-refractivity contribution in [2.45, 2.75) is 13.8 Å². The van der Waals surface area contributed by atoms with Gasteiger partial charge in [0.2, 0.25) is 0 Å². The number of hydrogen-bond acceptors (Lipinski definition) is 5. The average molecular weight is 385 g/mol. The number of amides is 1. The number of nitrogens with zero attached hydrogens (tertiary/aromatic N) is 3. The fourth-order valence-corrected chi connectivity index (χ4v) is 2.81. The monoisotopic (exact) mass is 384 g/mol. The molecule has 0 bridgehead atoms. The molecule has 0 spiro atoms. The number of hydrogen-bond donors (Lipinski definition) is 1. The smallest absolute Gasteiger partial charge is 0.339 e. The largest absolute Gasteiger partial charge is 0.465 e. The number of aryl methyl sites for hydroxylation is 1. The summed E-state index contributed by atoms with van der Waals surface area (Å²) in [5.41, 5.74) is 2.96. The van der Waals surface area contributed by atoms with Gasteiger partial charge < -0.3 is 10.1 Å². The fraction of sp³-hybridized carbons (Fsp3) is 0.158. The van der Waals surface area contributed by atoms with Crippen molar-refractivity contribution in [2.75, 3.05) is 12.4 Å². The number of anilines is 1. The molecule has 1 amide bonds. The maximum Gasteiger partial charge on any atom is 0.339 e. The molecule has 0 radical (unpaired) electrons. The Bertz CT molecular complexity index is 1030. The van der Waals surface area contributed by atoms with Crippen molar-refractivity contribution in [3.8, 4) is 5.69 Å². The van der Waals surface area contributed by atoms with Crippen molar-refractivity contribution < 1.29 is 14.3 Å². The van der Waals surface area contributed by atoms with Crippen LogP contribution in [0.25, 0.3) is 5.69 Å². The molecule has 0 aliphatic heterocycles. The molecule has 0 fully saturated rings. The van der Waals surface area contributed by atoms with Crippen LogP contribution in [0, 0.1) is 13.8 Å². The quantitative estimate of drug-likeness (QED) is 0.695. The van der Waals surface area contributed by atoms with Gasteiger partial charge in [-0.25, -0.2) is 9.48 Å². The second-order valence-corrected chi connectivity index (χ2v) is 6.29. The summed E-state index contributed by atoms with van der Waals surface area (Å²) in [4.78, 5) is 24.5. The van der Waals surface area contributed by atoms with Crippen molar-refractivity contribution in [2.24, 2.45) is 0 Å². The Labute approximate surface area is 160 Å². The first-order valence-electron chi connectivity index (χ1n) is 8.10. The zero-order valence-corrected chi connectivity index (χ0v) is 15.7. The van der Waals surface area contributed by atoms with Crippen molar-refractivity contribution in [1.29, 1.82) is 0 Å². The summed E-state index contributed by atoms with van der Waals surface area (Å²) in [7, 11) is 1.28. The van der Waals surface area contributed by atoms with Crippen LogP contribution in [-0.2, 0) is 4.74 Å². The lowest BCUT2D eigenvalue weighted by atomic mass is 10.1. The van der Waals surface area contributed by atoms with Crippen LogP contribution in [0.15, 0.2) is 42.5 Å². The number of methoxy groups -OCH3 is 1. The van der Waals surface area contributed by atoms with E-state index in [1.165, 1.54) is 7.11 Å². The lowest BCUT2D eigenvalue weighted by Crippen LogP contribution is -2.17. The average Bonchev–Trinajstić information content (AvgIpc) is 3.05. The van der Waals surface area contributed by atoms with Gasteiger partial charge in [0.25, 0.3) is 5.91 Å². The van der Waals surface area contributed by atoms with Crippen molar-refractivity contribution in [1.82, 2.24) is 15.0 Å². The minimum absolute atomic E-state index is 0.147.